The predicted octanol–water partition coefficient (Wildman–Crippen LogP) is 1.97. The van der Waals surface area contributed by atoms with Gasteiger partial charge in [0.1, 0.15) is 0 Å². The quantitative estimate of drug-likeness (QED) is 0.759. The van der Waals surface area contributed by atoms with Crippen LogP contribution in [0.2, 0.25) is 0 Å². The van der Waals surface area contributed by atoms with E-state index in [9.17, 15) is 4.79 Å². The standard InChI is InChI=1S/C12H21NO2/c1-9(2)13-6-5-12(8-13)4-3-10(7-12)11(14)15/h9-10H,3-8H2,1-2H3,(H,14,15)/t10-,12-/m1/s1. The molecule has 1 N–H and O–H groups in total. The Bertz CT molecular complexity index is 264. The number of hydrogen-bond acceptors (Lipinski definition) is 2. The first-order valence-electron chi connectivity index (χ1n) is 5.99. The topological polar surface area (TPSA) is 40.5 Å². The number of likely N-dealkylation sites (tertiary alicyclic amines) is 1. The molecule has 1 spiro atoms. The molecule has 1 heterocycles. The van der Waals surface area contributed by atoms with Crippen LogP contribution >= 0.6 is 0 Å². The molecular formula is C12H21NO2. The summed E-state index contributed by atoms with van der Waals surface area (Å²) < 4.78 is 0. The molecule has 0 aromatic rings. The van der Waals surface area contributed by atoms with Gasteiger partial charge in [0.05, 0.1) is 5.92 Å². The van der Waals surface area contributed by atoms with Gasteiger partial charge in [-0.05, 0) is 51.5 Å². The van der Waals surface area contributed by atoms with Crippen molar-refractivity contribution in [2.45, 2.75) is 45.6 Å². The van der Waals surface area contributed by atoms with Crippen LogP contribution in [0.4, 0.5) is 0 Å². The molecule has 2 atom stereocenters. The smallest absolute Gasteiger partial charge is 0.306 e. The van der Waals surface area contributed by atoms with Crippen LogP contribution in [-0.2, 0) is 4.79 Å². The molecule has 3 nitrogen and oxygen atoms in total. The summed E-state index contributed by atoms with van der Waals surface area (Å²) in [4.78, 5) is 13.4. The lowest BCUT2D eigenvalue weighted by Gasteiger charge is -2.26. The van der Waals surface area contributed by atoms with Gasteiger partial charge in [-0.2, -0.15) is 0 Å². The summed E-state index contributed by atoms with van der Waals surface area (Å²) in [6.07, 6.45) is 4.12. The van der Waals surface area contributed by atoms with Crippen molar-refractivity contribution in [3.8, 4) is 0 Å². The zero-order valence-electron chi connectivity index (χ0n) is 9.70. The summed E-state index contributed by atoms with van der Waals surface area (Å²) in [6, 6.07) is 0.605. The second-order valence-electron chi connectivity index (χ2n) is 5.59. The van der Waals surface area contributed by atoms with Crippen LogP contribution in [0.3, 0.4) is 0 Å². The molecule has 1 saturated heterocycles. The number of carbonyl (C=O) groups is 1. The Balaban J connectivity index is 1.98. The summed E-state index contributed by atoms with van der Waals surface area (Å²) >= 11 is 0. The van der Waals surface area contributed by atoms with Gasteiger partial charge in [-0.25, -0.2) is 0 Å². The van der Waals surface area contributed by atoms with Gasteiger partial charge in [0.2, 0.25) is 0 Å². The fourth-order valence-corrected chi connectivity index (χ4v) is 3.20. The van der Waals surface area contributed by atoms with Crippen LogP contribution in [0.25, 0.3) is 0 Å². The van der Waals surface area contributed by atoms with Crippen molar-refractivity contribution in [2.24, 2.45) is 11.3 Å². The number of nitrogens with zero attached hydrogens (tertiary/aromatic N) is 1. The lowest BCUT2D eigenvalue weighted by Crippen LogP contribution is -2.31. The van der Waals surface area contributed by atoms with Crippen LogP contribution in [0.15, 0.2) is 0 Å². The molecule has 2 fully saturated rings. The van der Waals surface area contributed by atoms with Crippen LogP contribution in [0.5, 0.6) is 0 Å². The van der Waals surface area contributed by atoms with Gasteiger partial charge < -0.3 is 10.0 Å². The highest BCUT2D eigenvalue weighted by Gasteiger charge is 2.46. The number of aliphatic carboxylic acids is 1. The second-order valence-corrected chi connectivity index (χ2v) is 5.59. The predicted molar refractivity (Wildman–Crippen MR) is 58.7 cm³/mol. The molecule has 1 aliphatic carbocycles. The molecule has 1 aliphatic heterocycles. The van der Waals surface area contributed by atoms with Crippen molar-refractivity contribution in [1.82, 2.24) is 4.90 Å². The third-order valence-corrected chi connectivity index (χ3v) is 4.25. The Morgan fingerprint density at radius 3 is 2.67 bits per heavy atom. The zero-order valence-corrected chi connectivity index (χ0v) is 9.70. The Morgan fingerprint density at radius 1 is 1.47 bits per heavy atom. The molecule has 3 heteroatoms. The summed E-state index contributed by atoms with van der Waals surface area (Å²) in [7, 11) is 0. The first-order valence-corrected chi connectivity index (χ1v) is 5.99. The molecule has 0 aromatic carbocycles. The van der Waals surface area contributed by atoms with Crippen molar-refractivity contribution in [3.63, 3.8) is 0 Å². The van der Waals surface area contributed by atoms with E-state index in [0.717, 1.165) is 32.4 Å². The number of hydrogen-bond donors (Lipinski definition) is 1. The summed E-state index contributed by atoms with van der Waals surface area (Å²) in [5.74, 6) is -0.660. The highest BCUT2D eigenvalue weighted by Crippen LogP contribution is 2.48. The average Bonchev–Trinajstić information content (AvgIpc) is 2.74. The first-order chi connectivity index (χ1) is 7.02. The van der Waals surface area contributed by atoms with Crippen molar-refractivity contribution in [1.29, 1.82) is 0 Å². The molecule has 0 unspecified atom stereocenters. The average molecular weight is 211 g/mol. The van der Waals surface area contributed by atoms with E-state index in [1.807, 2.05) is 0 Å². The van der Waals surface area contributed by atoms with Gasteiger partial charge in [-0.1, -0.05) is 0 Å². The zero-order chi connectivity index (χ0) is 11.1. The van der Waals surface area contributed by atoms with E-state index in [4.69, 9.17) is 5.11 Å². The summed E-state index contributed by atoms with van der Waals surface area (Å²) in [5.41, 5.74) is 0.341. The largest absolute Gasteiger partial charge is 0.481 e. The molecule has 2 rings (SSSR count). The van der Waals surface area contributed by atoms with Gasteiger partial charge in [0, 0.05) is 12.6 Å². The molecule has 0 radical (unpaired) electrons. The van der Waals surface area contributed by atoms with Gasteiger partial charge in [0.15, 0.2) is 0 Å². The number of carboxylic acids is 1. The molecule has 2 aliphatic rings. The third-order valence-electron chi connectivity index (χ3n) is 4.25. The summed E-state index contributed by atoms with van der Waals surface area (Å²) in [5, 5.41) is 9.02. The SMILES string of the molecule is CC(C)N1CC[C@@]2(CC[C@@H](C(=O)O)C2)C1. The Hall–Kier alpha value is -0.570. The molecular weight excluding hydrogens is 190 g/mol. The van der Waals surface area contributed by atoms with E-state index in [2.05, 4.69) is 18.7 Å². The lowest BCUT2D eigenvalue weighted by atomic mass is 9.84. The van der Waals surface area contributed by atoms with Gasteiger partial charge in [-0.3, -0.25) is 4.79 Å². The van der Waals surface area contributed by atoms with E-state index in [1.54, 1.807) is 0 Å². The third kappa shape index (κ3) is 2.03. The fourth-order valence-electron chi connectivity index (χ4n) is 3.20. The van der Waals surface area contributed by atoms with Crippen LogP contribution in [0.1, 0.15) is 39.5 Å². The molecule has 15 heavy (non-hydrogen) atoms. The van der Waals surface area contributed by atoms with Crippen molar-refractivity contribution < 1.29 is 9.90 Å². The molecule has 0 aromatic heterocycles. The minimum Gasteiger partial charge on any atom is -0.481 e. The normalized spacial score (nSPS) is 36.9. The minimum atomic E-state index is -0.588. The van der Waals surface area contributed by atoms with Crippen LogP contribution in [-0.4, -0.2) is 35.1 Å². The van der Waals surface area contributed by atoms with E-state index in [-0.39, 0.29) is 5.92 Å². The number of rotatable bonds is 2. The van der Waals surface area contributed by atoms with Gasteiger partial charge in [-0.15, -0.1) is 0 Å². The fraction of sp³-hybridized carbons (Fsp3) is 0.917. The van der Waals surface area contributed by atoms with E-state index >= 15 is 0 Å². The van der Waals surface area contributed by atoms with E-state index in [1.165, 1.54) is 6.42 Å². The maximum atomic E-state index is 10.9. The Morgan fingerprint density at radius 2 is 2.20 bits per heavy atom. The maximum Gasteiger partial charge on any atom is 0.306 e. The van der Waals surface area contributed by atoms with Crippen LogP contribution in [0, 0.1) is 11.3 Å². The van der Waals surface area contributed by atoms with Crippen molar-refractivity contribution in [2.75, 3.05) is 13.1 Å². The highest BCUT2D eigenvalue weighted by molar-refractivity contribution is 5.70. The van der Waals surface area contributed by atoms with E-state index < -0.39 is 5.97 Å². The minimum absolute atomic E-state index is 0.0721. The van der Waals surface area contributed by atoms with Gasteiger partial charge >= 0.3 is 5.97 Å². The van der Waals surface area contributed by atoms with Crippen molar-refractivity contribution in [3.05, 3.63) is 0 Å². The number of carboxylic acid groups (broad SMARTS) is 1. The Kier molecular flexibility index (Phi) is 2.75. The molecule has 0 amide bonds. The van der Waals surface area contributed by atoms with Crippen LogP contribution < -0.4 is 0 Å². The Labute approximate surface area is 91.5 Å². The summed E-state index contributed by atoms with van der Waals surface area (Å²) in [6.45, 7) is 6.73. The van der Waals surface area contributed by atoms with Crippen molar-refractivity contribution >= 4 is 5.97 Å². The van der Waals surface area contributed by atoms with Gasteiger partial charge in [0.25, 0.3) is 0 Å². The monoisotopic (exact) mass is 211 g/mol. The highest BCUT2D eigenvalue weighted by atomic mass is 16.4. The molecule has 86 valence electrons. The molecule has 1 saturated carbocycles. The molecule has 0 bridgehead atoms. The second kappa shape index (κ2) is 3.78. The van der Waals surface area contributed by atoms with E-state index in [0.29, 0.717) is 11.5 Å². The lowest BCUT2D eigenvalue weighted by molar-refractivity contribution is -0.141. The first kappa shape index (κ1) is 10.9. The maximum absolute atomic E-state index is 10.9.